The Balaban J connectivity index is 2.95. The maximum Gasteiger partial charge on any atom is 0.412 e. The lowest BCUT2D eigenvalue weighted by atomic mass is 10.1. The summed E-state index contributed by atoms with van der Waals surface area (Å²) in [6.07, 6.45) is -0.797. The molecule has 0 aliphatic rings. The second-order valence-electron chi connectivity index (χ2n) is 5.08. The molecule has 2 N–H and O–H groups in total. The smallest absolute Gasteiger partial charge is 0.412 e. The van der Waals surface area contributed by atoms with Crippen LogP contribution in [0, 0.1) is 12.7 Å². The molecule has 0 atom stereocenters. The number of anilines is 1. The van der Waals surface area contributed by atoms with Gasteiger partial charge in [-0.05, 0) is 45.4 Å². The Labute approximate surface area is 110 Å². The van der Waals surface area contributed by atoms with Crippen LogP contribution < -0.4 is 5.32 Å². The molecule has 6 heteroatoms. The van der Waals surface area contributed by atoms with Gasteiger partial charge < -0.3 is 9.84 Å². The van der Waals surface area contributed by atoms with Gasteiger partial charge in [0.15, 0.2) is 0 Å². The molecule has 0 aromatic heterocycles. The number of halogens is 1. The van der Waals surface area contributed by atoms with E-state index < -0.39 is 23.5 Å². The van der Waals surface area contributed by atoms with E-state index >= 15 is 0 Å². The van der Waals surface area contributed by atoms with E-state index in [0.29, 0.717) is 5.56 Å². The summed E-state index contributed by atoms with van der Waals surface area (Å²) in [7, 11) is 0. The van der Waals surface area contributed by atoms with E-state index in [1.807, 2.05) is 0 Å². The van der Waals surface area contributed by atoms with Gasteiger partial charge in [0.05, 0.1) is 11.3 Å². The summed E-state index contributed by atoms with van der Waals surface area (Å²) in [4.78, 5) is 22.3. The van der Waals surface area contributed by atoms with Gasteiger partial charge in [-0.1, -0.05) is 0 Å². The number of amides is 1. The summed E-state index contributed by atoms with van der Waals surface area (Å²) in [5.41, 5.74) is -0.611. The molecule has 0 spiro atoms. The van der Waals surface area contributed by atoms with Gasteiger partial charge in [-0.3, -0.25) is 5.32 Å². The van der Waals surface area contributed by atoms with Crippen LogP contribution in [0.4, 0.5) is 14.9 Å². The monoisotopic (exact) mass is 269 g/mol. The molecule has 0 radical (unpaired) electrons. The van der Waals surface area contributed by atoms with Crippen molar-refractivity contribution in [2.45, 2.75) is 33.3 Å². The largest absolute Gasteiger partial charge is 0.478 e. The first-order valence-corrected chi connectivity index (χ1v) is 5.63. The van der Waals surface area contributed by atoms with E-state index in [-0.39, 0.29) is 11.3 Å². The van der Waals surface area contributed by atoms with E-state index in [1.165, 1.54) is 13.0 Å². The van der Waals surface area contributed by atoms with Gasteiger partial charge in [0.2, 0.25) is 0 Å². The predicted molar refractivity (Wildman–Crippen MR) is 68.0 cm³/mol. The number of carbonyl (C=O) groups is 2. The Kier molecular flexibility index (Phi) is 4.14. The van der Waals surface area contributed by atoms with Crippen molar-refractivity contribution in [2.24, 2.45) is 0 Å². The minimum Gasteiger partial charge on any atom is -0.478 e. The molecule has 0 heterocycles. The number of hydrogen-bond donors (Lipinski definition) is 2. The highest BCUT2D eigenvalue weighted by Crippen LogP contribution is 2.21. The van der Waals surface area contributed by atoms with Crippen molar-refractivity contribution in [1.29, 1.82) is 0 Å². The molecule has 0 unspecified atom stereocenters. The zero-order valence-corrected chi connectivity index (χ0v) is 11.2. The summed E-state index contributed by atoms with van der Waals surface area (Å²) in [5.74, 6) is -2.05. The Hall–Kier alpha value is -2.11. The third kappa shape index (κ3) is 4.24. The molecule has 1 aromatic rings. The maximum atomic E-state index is 13.7. The second-order valence-corrected chi connectivity index (χ2v) is 5.08. The van der Waals surface area contributed by atoms with Crippen molar-refractivity contribution in [2.75, 3.05) is 5.32 Å². The molecular weight excluding hydrogens is 253 g/mol. The van der Waals surface area contributed by atoms with Crippen LogP contribution >= 0.6 is 0 Å². The molecule has 0 fully saturated rings. The summed E-state index contributed by atoms with van der Waals surface area (Å²) < 4.78 is 18.6. The third-order valence-electron chi connectivity index (χ3n) is 2.18. The van der Waals surface area contributed by atoms with Crippen molar-refractivity contribution >= 4 is 17.7 Å². The Morgan fingerprint density at radius 2 is 1.89 bits per heavy atom. The molecular formula is C13H16FNO4. The van der Waals surface area contributed by atoms with Crippen LogP contribution in [0.5, 0.6) is 0 Å². The van der Waals surface area contributed by atoms with Crippen LogP contribution in [-0.2, 0) is 4.74 Å². The first-order chi connectivity index (χ1) is 8.60. The number of aromatic carboxylic acids is 1. The molecule has 5 nitrogen and oxygen atoms in total. The van der Waals surface area contributed by atoms with Gasteiger partial charge in [-0.25, -0.2) is 14.0 Å². The van der Waals surface area contributed by atoms with Crippen molar-refractivity contribution in [1.82, 2.24) is 0 Å². The zero-order chi connectivity index (χ0) is 14.8. The minimum atomic E-state index is -1.22. The SMILES string of the molecule is Cc1cc(NC(=O)OC(C)(C)C)c(F)cc1C(=O)O. The number of nitrogens with one attached hydrogen (secondary N) is 1. The third-order valence-corrected chi connectivity index (χ3v) is 2.18. The summed E-state index contributed by atoms with van der Waals surface area (Å²) in [6.45, 7) is 6.56. The van der Waals surface area contributed by atoms with Gasteiger partial charge in [-0.2, -0.15) is 0 Å². The van der Waals surface area contributed by atoms with Crippen molar-refractivity contribution in [3.63, 3.8) is 0 Å². The molecule has 1 amide bonds. The second kappa shape index (κ2) is 5.26. The van der Waals surface area contributed by atoms with E-state index in [4.69, 9.17) is 9.84 Å². The lowest BCUT2D eigenvalue weighted by molar-refractivity contribution is 0.0634. The van der Waals surface area contributed by atoms with Gasteiger partial charge in [0, 0.05) is 0 Å². The Bertz CT molecular complexity index is 520. The van der Waals surface area contributed by atoms with Crippen LogP contribution in [0.3, 0.4) is 0 Å². The minimum absolute atomic E-state index is 0.114. The Morgan fingerprint density at radius 1 is 1.32 bits per heavy atom. The molecule has 0 saturated carbocycles. The molecule has 0 saturated heterocycles. The number of benzene rings is 1. The molecule has 104 valence electrons. The lowest BCUT2D eigenvalue weighted by Crippen LogP contribution is -2.27. The molecule has 0 aliphatic heterocycles. The summed E-state index contributed by atoms with van der Waals surface area (Å²) in [6, 6.07) is 2.12. The van der Waals surface area contributed by atoms with E-state index in [9.17, 15) is 14.0 Å². The first-order valence-electron chi connectivity index (χ1n) is 5.63. The summed E-state index contributed by atoms with van der Waals surface area (Å²) in [5, 5.41) is 11.1. The highest BCUT2D eigenvalue weighted by atomic mass is 19.1. The van der Waals surface area contributed by atoms with Crippen LogP contribution in [0.1, 0.15) is 36.7 Å². The number of carbonyl (C=O) groups excluding carboxylic acids is 1. The number of aryl methyl sites for hydroxylation is 1. The van der Waals surface area contributed by atoms with Crippen LogP contribution in [-0.4, -0.2) is 22.8 Å². The number of rotatable bonds is 2. The normalized spacial score (nSPS) is 11.0. The topological polar surface area (TPSA) is 75.6 Å². The quantitative estimate of drug-likeness (QED) is 0.864. The van der Waals surface area contributed by atoms with Crippen LogP contribution in [0.2, 0.25) is 0 Å². The number of ether oxygens (including phenoxy) is 1. The summed E-state index contributed by atoms with van der Waals surface area (Å²) >= 11 is 0. The molecule has 1 aromatic carbocycles. The van der Waals surface area contributed by atoms with Crippen molar-refractivity contribution < 1.29 is 23.8 Å². The van der Waals surface area contributed by atoms with Crippen molar-refractivity contribution in [3.8, 4) is 0 Å². The van der Waals surface area contributed by atoms with E-state index in [0.717, 1.165) is 6.07 Å². The lowest BCUT2D eigenvalue weighted by Gasteiger charge is -2.20. The van der Waals surface area contributed by atoms with E-state index in [1.54, 1.807) is 20.8 Å². The van der Waals surface area contributed by atoms with Crippen LogP contribution in [0.15, 0.2) is 12.1 Å². The standard InChI is InChI=1S/C13H16FNO4/c1-7-5-10(9(14)6-8(7)11(16)17)15-12(18)19-13(2,3)4/h5-6H,1-4H3,(H,15,18)(H,16,17). The molecule has 1 rings (SSSR count). The average molecular weight is 269 g/mol. The highest BCUT2D eigenvalue weighted by molar-refractivity contribution is 5.91. The fraction of sp³-hybridized carbons (Fsp3) is 0.385. The number of hydrogen-bond acceptors (Lipinski definition) is 3. The van der Waals surface area contributed by atoms with Crippen molar-refractivity contribution in [3.05, 3.63) is 29.1 Å². The van der Waals surface area contributed by atoms with Gasteiger partial charge in [0.1, 0.15) is 11.4 Å². The van der Waals surface area contributed by atoms with Crippen LogP contribution in [0.25, 0.3) is 0 Å². The number of carboxylic acid groups (broad SMARTS) is 1. The Morgan fingerprint density at radius 3 is 2.37 bits per heavy atom. The fourth-order valence-corrected chi connectivity index (χ4v) is 1.42. The zero-order valence-electron chi connectivity index (χ0n) is 11.2. The molecule has 0 aliphatic carbocycles. The maximum absolute atomic E-state index is 13.7. The fourth-order valence-electron chi connectivity index (χ4n) is 1.42. The average Bonchev–Trinajstić information content (AvgIpc) is 2.19. The molecule has 19 heavy (non-hydrogen) atoms. The number of carboxylic acids is 1. The van der Waals surface area contributed by atoms with E-state index in [2.05, 4.69) is 5.32 Å². The molecule has 0 bridgehead atoms. The highest BCUT2D eigenvalue weighted by Gasteiger charge is 2.19. The van der Waals surface area contributed by atoms with Gasteiger partial charge in [0.25, 0.3) is 0 Å². The predicted octanol–water partition coefficient (Wildman–Crippen LogP) is 3.18. The van der Waals surface area contributed by atoms with Gasteiger partial charge in [-0.15, -0.1) is 0 Å². The first kappa shape index (κ1) is 14.9. The van der Waals surface area contributed by atoms with Gasteiger partial charge >= 0.3 is 12.1 Å².